The van der Waals surface area contributed by atoms with Crippen molar-refractivity contribution in [2.24, 2.45) is 0 Å². The van der Waals surface area contributed by atoms with Crippen LogP contribution in [0.2, 0.25) is 5.15 Å². The van der Waals surface area contributed by atoms with Crippen LogP contribution in [0.15, 0.2) is 85.2 Å². The third kappa shape index (κ3) is 12.7. The Labute approximate surface area is 381 Å². The second-order valence-electron chi connectivity index (χ2n) is 17.1. The number of benzene rings is 3. The molecule has 2 amide bonds. The first-order valence-electron chi connectivity index (χ1n) is 21.8. The first-order valence-corrected chi connectivity index (χ1v) is 22.2. The van der Waals surface area contributed by atoms with Gasteiger partial charge in [-0.15, -0.1) is 0 Å². The molecule has 0 radical (unpaired) electrons. The maximum absolute atomic E-state index is 12.9. The molecule has 2 aliphatic rings. The average molecular weight is 882 g/mol. The quantitative estimate of drug-likeness (QED) is 0.110. The van der Waals surface area contributed by atoms with E-state index in [1.165, 1.54) is 16.7 Å². The van der Waals surface area contributed by atoms with Crippen LogP contribution in [0.3, 0.4) is 0 Å². The minimum Gasteiger partial charge on any atom is -0.353 e. The first kappa shape index (κ1) is 46.9. The number of hydrogen-bond acceptors (Lipinski definition) is 12. The molecular formula is C49H57ClN12O2. The lowest BCUT2D eigenvalue weighted by Crippen LogP contribution is -2.48. The van der Waals surface area contributed by atoms with Crippen molar-refractivity contribution >= 4 is 46.6 Å². The van der Waals surface area contributed by atoms with E-state index in [0.717, 1.165) is 51.0 Å². The van der Waals surface area contributed by atoms with E-state index < -0.39 is 0 Å². The van der Waals surface area contributed by atoms with Gasteiger partial charge in [0.1, 0.15) is 23.8 Å². The molecule has 332 valence electrons. The van der Waals surface area contributed by atoms with Crippen molar-refractivity contribution in [2.45, 2.75) is 83.8 Å². The number of nitriles is 2. The van der Waals surface area contributed by atoms with E-state index in [2.05, 4.69) is 86.6 Å². The molecule has 0 unspecified atom stereocenters. The van der Waals surface area contributed by atoms with Gasteiger partial charge in [0.15, 0.2) is 22.4 Å². The second kappa shape index (κ2) is 22.1. The summed E-state index contributed by atoms with van der Waals surface area (Å²) in [5.74, 6) is 2.48. The molecule has 0 saturated carbocycles. The van der Waals surface area contributed by atoms with Crippen LogP contribution < -0.4 is 25.8 Å². The molecule has 0 bridgehead atoms. The van der Waals surface area contributed by atoms with Crippen LogP contribution in [0.4, 0.5) is 23.1 Å². The zero-order valence-electron chi connectivity index (χ0n) is 37.5. The number of nitrogens with one attached hydrogen (secondary N) is 3. The maximum atomic E-state index is 12.9. The van der Waals surface area contributed by atoms with Crippen LogP contribution >= 0.6 is 11.6 Å². The first-order chi connectivity index (χ1) is 30.8. The van der Waals surface area contributed by atoms with E-state index in [0.29, 0.717) is 53.5 Å². The summed E-state index contributed by atoms with van der Waals surface area (Å²) in [5.41, 5.74) is 6.17. The molecule has 2 atom stereocenters. The summed E-state index contributed by atoms with van der Waals surface area (Å²) in [6, 6.07) is 27.7. The summed E-state index contributed by atoms with van der Waals surface area (Å²) in [6.45, 7) is 12.3. The average Bonchev–Trinajstić information content (AvgIpc) is 3.30. The van der Waals surface area contributed by atoms with Gasteiger partial charge in [0.2, 0.25) is 0 Å². The third-order valence-corrected chi connectivity index (χ3v) is 11.5. The van der Waals surface area contributed by atoms with Crippen molar-refractivity contribution in [3.8, 4) is 12.1 Å². The van der Waals surface area contributed by atoms with Gasteiger partial charge in [0.25, 0.3) is 11.8 Å². The predicted octanol–water partition coefficient (Wildman–Crippen LogP) is 8.20. The van der Waals surface area contributed by atoms with Gasteiger partial charge < -0.3 is 30.7 Å². The van der Waals surface area contributed by atoms with Gasteiger partial charge in [-0.2, -0.15) is 10.5 Å². The number of rotatable bonds is 12. The largest absolute Gasteiger partial charge is 0.353 e. The van der Waals surface area contributed by atoms with Crippen molar-refractivity contribution in [1.29, 1.82) is 10.5 Å². The van der Waals surface area contributed by atoms with Crippen molar-refractivity contribution in [3.05, 3.63) is 130 Å². The number of amides is 2. The van der Waals surface area contributed by atoms with Crippen LogP contribution in [0, 0.1) is 22.7 Å². The fraction of sp³-hybridized carbons (Fsp3) is 0.388. The van der Waals surface area contributed by atoms with Gasteiger partial charge in [-0.3, -0.25) is 9.59 Å². The number of anilines is 4. The lowest BCUT2D eigenvalue weighted by atomic mass is 10.0. The number of carbonyl (C=O) groups excluding carboxylic acids is 2. The Hall–Kier alpha value is -6.61. The predicted molar refractivity (Wildman–Crippen MR) is 252 cm³/mol. The zero-order valence-corrected chi connectivity index (χ0v) is 38.2. The van der Waals surface area contributed by atoms with Gasteiger partial charge >= 0.3 is 0 Å². The molecule has 15 heteroatoms. The molecule has 3 N–H and O–H groups in total. The van der Waals surface area contributed by atoms with E-state index in [9.17, 15) is 14.9 Å². The highest BCUT2D eigenvalue weighted by Crippen LogP contribution is 2.25. The van der Waals surface area contributed by atoms with Crippen molar-refractivity contribution in [1.82, 2.24) is 35.5 Å². The lowest BCUT2D eigenvalue weighted by Gasteiger charge is -2.34. The Morgan fingerprint density at radius 2 is 1.19 bits per heavy atom. The molecule has 2 fully saturated rings. The van der Waals surface area contributed by atoms with Crippen LogP contribution in [0.25, 0.3) is 0 Å². The van der Waals surface area contributed by atoms with E-state index in [-0.39, 0.29) is 40.4 Å². The fourth-order valence-electron chi connectivity index (χ4n) is 7.66. The highest BCUT2D eigenvalue weighted by molar-refractivity contribution is 6.30. The SMILES string of the molecule is CC(C)c1ccc(C(=O)N[C@@H]2CCCN(c3cnc(C#N)c(Cl)n3)C2)cc1.CC(C)c1ccc(C(=O)N[C@@H]2CCCN(c3cnc(C#N)c(Nc4ccc(CN(C)C)cc4)n3)C2)cc1. The summed E-state index contributed by atoms with van der Waals surface area (Å²) in [5, 5.41) is 28.1. The number of carbonyl (C=O) groups is 2. The number of nitrogens with zero attached hydrogens (tertiary/aromatic N) is 9. The van der Waals surface area contributed by atoms with Crippen molar-refractivity contribution < 1.29 is 9.59 Å². The van der Waals surface area contributed by atoms with Crippen molar-refractivity contribution in [2.75, 3.05) is 55.4 Å². The molecule has 3 aromatic carbocycles. The molecule has 0 spiro atoms. The normalized spacial score (nSPS) is 16.1. The molecule has 7 rings (SSSR count). The molecule has 4 heterocycles. The minimum atomic E-state index is -0.0684. The molecule has 5 aromatic rings. The monoisotopic (exact) mass is 880 g/mol. The molecule has 0 aliphatic carbocycles. The molecule has 14 nitrogen and oxygen atoms in total. The summed E-state index contributed by atoms with van der Waals surface area (Å²) >= 11 is 5.99. The lowest BCUT2D eigenvalue weighted by molar-refractivity contribution is 0.0924. The van der Waals surface area contributed by atoms with E-state index in [1.807, 2.05) is 85.7 Å². The Kier molecular flexibility index (Phi) is 16.2. The highest BCUT2D eigenvalue weighted by Gasteiger charge is 2.26. The van der Waals surface area contributed by atoms with Gasteiger partial charge in [-0.05, 0) is 105 Å². The fourth-order valence-corrected chi connectivity index (χ4v) is 7.84. The van der Waals surface area contributed by atoms with Gasteiger partial charge in [0, 0.05) is 61.6 Å². The van der Waals surface area contributed by atoms with Crippen LogP contribution in [-0.2, 0) is 6.54 Å². The van der Waals surface area contributed by atoms with Crippen molar-refractivity contribution in [3.63, 3.8) is 0 Å². The molecular weight excluding hydrogens is 824 g/mol. The number of halogens is 1. The molecule has 2 saturated heterocycles. The molecule has 2 aliphatic heterocycles. The summed E-state index contributed by atoms with van der Waals surface area (Å²) in [6.07, 6.45) is 6.85. The second-order valence-corrected chi connectivity index (χ2v) is 17.5. The van der Waals surface area contributed by atoms with Crippen LogP contribution in [0.5, 0.6) is 0 Å². The van der Waals surface area contributed by atoms with Crippen LogP contribution in [0.1, 0.15) is 114 Å². The minimum absolute atomic E-state index is 0.00381. The molecule has 64 heavy (non-hydrogen) atoms. The van der Waals surface area contributed by atoms with E-state index in [1.54, 1.807) is 12.4 Å². The third-order valence-electron chi connectivity index (χ3n) is 11.2. The Balaban J connectivity index is 0.000000223. The standard InChI is InChI=1S/C29H35N7O.C20H22ClN5O/c1-20(2)22-9-11-23(12-10-22)29(37)33-25-6-5-15-36(19-25)27-17-31-26(16-30)28(34-27)32-24-13-7-21(8-14-24)18-35(3)4;1-13(2)14-5-7-15(8-6-14)20(27)24-16-4-3-9-26(12-16)18-11-23-17(10-22)19(21)25-18/h7-14,17,20,25H,5-6,15,18-19H2,1-4H3,(H,32,34)(H,33,37);5-8,11,13,16H,3-4,9,12H2,1-2H3,(H,24,27)/t25-;16-/m11/s1. The summed E-state index contributed by atoms with van der Waals surface area (Å²) < 4.78 is 0. The van der Waals surface area contributed by atoms with Gasteiger partial charge in [-0.1, -0.05) is 75.7 Å². The summed E-state index contributed by atoms with van der Waals surface area (Å²) in [7, 11) is 4.07. The Morgan fingerprint density at radius 3 is 1.62 bits per heavy atom. The van der Waals surface area contributed by atoms with Crippen LogP contribution in [-0.4, -0.2) is 89.0 Å². The van der Waals surface area contributed by atoms with E-state index in [4.69, 9.17) is 21.8 Å². The Bertz CT molecular complexity index is 2450. The summed E-state index contributed by atoms with van der Waals surface area (Å²) in [4.78, 5) is 49.1. The smallest absolute Gasteiger partial charge is 0.251 e. The topological polar surface area (TPSA) is 179 Å². The maximum Gasteiger partial charge on any atom is 0.251 e. The van der Waals surface area contributed by atoms with Gasteiger partial charge in [-0.25, -0.2) is 19.9 Å². The van der Waals surface area contributed by atoms with Gasteiger partial charge in [0.05, 0.1) is 12.4 Å². The molecule has 2 aromatic heterocycles. The number of aromatic nitrogens is 4. The Morgan fingerprint density at radius 1 is 0.719 bits per heavy atom. The highest BCUT2D eigenvalue weighted by atomic mass is 35.5. The number of piperidine rings is 2. The van der Waals surface area contributed by atoms with E-state index >= 15 is 0 Å². The number of hydrogen-bond donors (Lipinski definition) is 3. The zero-order chi connectivity index (χ0) is 45.8.